The summed E-state index contributed by atoms with van der Waals surface area (Å²) < 4.78 is 11.3. The Morgan fingerprint density at radius 2 is 1.85 bits per heavy atom. The van der Waals surface area contributed by atoms with E-state index in [1.54, 1.807) is 24.3 Å². The molecule has 6 nitrogen and oxygen atoms in total. The SMILES string of the molecule is CCCCCOc1ccc(C(=O)NC2(C(=O)O)CC(OCC)C2(C)C)cc1. The molecule has 6 heteroatoms. The molecule has 1 aromatic carbocycles. The average molecular weight is 377 g/mol. The lowest BCUT2D eigenvalue weighted by atomic mass is 9.54. The highest BCUT2D eigenvalue weighted by Gasteiger charge is 2.66. The van der Waals surface area contributed by atoms with Crippen LogP contribution in [0.15, 0.2) is 24.3 Å². The Labute approximate surface area is 161 Å². The van der Waals surface area contributed by atoms with Crippen LogP contribution in [-0.4, -0.2) is 41.8 Å². The Hall–Kier alpha value is -2.08. The van der Waals surface area contributed by atoms with Gasteiger partial charge < -0.3 is 19.9 Å². The summed E-state index contributed by atoms with van der Waals surface area (Å²) in [4.78, 5) is 24.6. The zero-order chi connectivity index (χ0) is 20.1. The van der Waals surface area contributed by atoms with Crippen LogP contribution < -0.4 is 10.1 Å². The van der Waals surface area contributed by atoms with Crippen molar-refractivity contribution in [2.75, 3.05) is 13.2 Å². The summed E-state index contributed by atoms with van der Waals surface area (Å²) in [5.74, 6) is -0.735. The summed E-state index contributed by atoms with van der Waals surface area (Å²) in [6.07, 6.45) is 3.31. The van der Waals surface area contributed by atoms with E-state index in [-0.39, 0.29) is 12.5 Å². The summed E-state index contributed by atoms with van der Waals surface area (Å²) in [6.45, 7) is 8.81. The molecule has 2 atom stereocenters. The predicted octanol–water partition coefficient (Wildman–Crippen LogP) is 3.64. The van der Waals surface area contributed by atoms with Crippen molar-refractivity contribution in [3.63, 3.8) is 0 Å². The molecule has 1 aliphatic rings. The minimum absolute atomic E-state index is 0.196. The van der Waals surface area contributed by atoms with E-state index in [1.807, 2.05) is 20.8 Å². The number of aliphatic carboxylic acids is 1. The predicted molar refractivity (Wildman–Crippen MR) is 103 cm³/mol. The van der Waals surface area contributed by atoms with E-state index >= 15 is 0 Å². The lowest BCUT2D eigenvalue weighted by molar-refractivity contribution is -0.190. The normalized spacial score (nSPS) is 23.3. The van der Waals surface area contributed by atoms with E-state index in [0.717, 1.165) is 19.3 Å². The molecule has 0 saturated heterocycles. The van der Waals surface area contributed by atoms with Crippen LogP contribution in [0.1, 0.15) is 63.7 Å². The van der Waals surface area contributed by atoms with Crippen LogP contribution in [0.3, 0.4) is 0 Å². The zero-order valence-electron chi connectivity index (χ0n) is 16.7. The molecule has 150 valence electrons. The second-order valence-corrected chi connectivity index (χ2v) is 7.61. The Morgan fingerprint density at radius 1 is 1.19 bits per heavy atom. The average Bonchev–Trinajstić information content (AvgIpc) is 2.64. The highest BCUT2D eigenvalue weighted by Crippen LogP contribution is 2.51. The largest absolute Gasteiger partial charge is 0.494 e. The van der Waals surface area contributed by atoms with Gasteiger partial charge in [0.2, 0.25) is 0 Å². The number of carbonyl (C=O) groups is 2. The van der Waals surface area contributed by atoms with Gasteiger partial charge in [-0.1, -0.05) is 33.6 Å². The summed E-state index contributed by atoms with van der Waals surface area (Å²) in [5, 5.41) is 12.5. The summed E-state index contributed by atoms with van der Waals surface area (Å²) in [7, 11) is 0. The number of hydrogen-bond donors (Lipinski definition) is 2. The maximum atomic E-state index is 12.7. The first kappa shape index (κ1) is 21.2. The van der Waals surface area contributed by atoms with Crippen LogP contribution in [-0.2, 0) is 9.53 Å². The Morgan fingerprint density at radius 3 is 2.37 bits per heavy atom. The molecule has 1 aliphatic carbocycles. The van der Waals surface area contributed by atoms with Crippen molar-refractivity contribution in [1.29, 1.82) is 0 Å². The number of ether oxygens (including phenoxy) is 2. The standard InChI is InChI=1S/C21H31NO5/c1-5-7-8-13-27-16-11-9-15(10-12-16)18(23)22-21(19(24)25)14-17(26-6-2)20(21,3)4/h9-12,17H,5-8,13-14H2,1-4H3,(H,22,23)(H,24,25). The van der Waals surface area contributed by atoms with Crippen LogP contribution in [0.5, 0.6) is 5.75 Å². The molecule has 2 rings (SSSR count). The van der Waals surface area contributed by atoms with Crippen LogP contribution in [0.25, 0.3) is 0 Å². The van der Waals surface area contributed by atoms with Crippen LogP contribution in [0.4, 0.5) is 0 Å². The molecule has 0 heterocycles. The number of rotatable bonds is 10. The number of carbonyl (C=O) groups excluding carboxylic acids is 1. The molecule has 0 radical (unpaired) electrons. The van der Waals surface area contributed by atoms with Crippen molar-refractivity contribution < 1.29 is 24.2 Å². The number of nitrogens with one attached hydrogen (secondary N) is 1. The number of amides is 1. The second-order valence-electron chi connectivity index (χ2n) is 7.61. The van der Waals surface area contributed by atoms with Gasteiger partial charge in [0.15, 0.2) is 0 Å². The molecular formula is C21H31NO5. The van der Waals surface area contributed by atoms with Gasteiger partial charge in [-0.2, -0.15) is 0 Å². The number of benzene rings is 1. The molecule has 0 bridgehead atoms. The molecule has 0 aromatic heterocycles. The molecule has 1 fully saturated rings. The minimum atomic E-state index is -1.33. The molecule has 0 aliphatic heterocycles. The van der Waals surface area contributed by atoms with Crippen LogP contribution in [0, 0.1) is 5.41 Å². The van der Waals surface area contributed by atoms with Gasteiger partial charge in [0, 0.05) is 24.0 Å². The summed E-state index contributed by atoms with van der Waals surface area (Å²) in [5.41, 5.74) is -1.63. The van der Waals surface area contributed by atoms with E-state index in [0.29, 0.717) is 24.5 Å². The monoisotopic (exact) mass is 377 g/mol. The molecule has 2 N–H and O–H groups in total. The van der Waals surface area contributed by atoms with E-state index < -0.39 is 22.8 Å². The van der Waals surface area contributed by atoms with Crippen molar-refractivity contribution in [2.45, 2.75) is 65.0 Å². The van der Waals surface area contributed by atoms with Crippen molar-refractivity contribution in [3.05, 3.63) is 29.8 Å². The molecule has 27 heavy (non-hydrogen) atoms. The first-order valence-electron chi connectivity index (χ1n) is 9.69. The number of carboxylic acids is 1. The van der Waals surface area contributed by atoms with Crippen molar-refractivity contribution in [3.8, 4) is 5.75 Å². The highest BCUT2D eigenvalue weighted by atomic mass is 16.5. The lowest BCUT2D eigenvalue weighted by Crippen LogP contribution is -2.76. The fourth-order valence-electron chi connectivity index (χ4n) is 3.55. The van der Waals surface area contributed by atoms with Gasteiger partial charge in [0.25, 0.3) is 5.91 Å². The topological polar surface area (TPSA) is 84.9 Å². The van der Waals surface area contributed by atoms with Gasteiger partial charge in [0.1, 0.15) is 11.3 Å². The number of unbranched alkanes of at least 4 members (excludes halogenated alkanes) is 2. The highest BCUT2D eigenvalue weighted by molar-refractivity contribution is 5.98. The summed E-state index contributed by atoms with van der Waals surface area (Å²) in [6, 6.07) is 6.80. The van der Waals surface area contributed by atoms with Gasteiger partial charge in [0.05, 0.1) is 12.7 Å². The fourth-order valence-corrected chi connectivity index (χ4v) is 3.55. The first-order chi connectivity index (χ1) is 12.8. The number of hydrogen-bond acceptors (Lipinski definition) is 4. The van der Waals surface area contributed by atoms with Crippen molar-refractivity contribution in [2.24, 2.45) is 5.41 Å². The zero-order valence-corrected chi connectivity index (χ0v) is 16.7. The fraction of sp³-hybridized carbons (Fsp3) is 0.619. The van der Waals surface area contributed by atoms with Crippen molar-refractivity contribution in [1.82, 2.24) is 5.32 Å². The lowest BCUT2D eigenvalue weighted by Gasteiger charge is -2.58. The Balaban J connectivity index is 2.03. The number of carboxylic acid groups (broad SMARTS) is 1. The third kappa shape index (κ3) is 4.26. The van der Waals surface area contributed by atoms with Gasteiger partial charge in [-0.3, -0.25) is 4.79 Å². The van der Waals surface area contributed by atoms with Crippen molar-refractivity contribution >= 4 is 11.9 Å². The maximum absolute atomic E-state index is 12.7. The Bertz CT molecular complexity index is 655. The summed E-state index contributed by atoms with van der Waals surface area (Å²) >= 11 is 0. The molecule has 2 unspecified atom stereocenters. The molecule has 1 saturated carbocycles. The first-order valence-corrected chi connectivity index (χ1v) is 9.69. The van der Waals surface area contributed by atoms with Gasteiger partial charge >= 0.3 is 5.97 Å². The van der Waals surface area contributed by atoms with E-state index in [9.17, 15) is 14.7 Å². The molecule has 0 spiro atoms. The second kappa shape index (κ2) is 8.74. The molecule has 1 amide bonds. The molecule has 1 aromatic rings. The Kier molecular flexibility index (Phi) is 6.87. The maximum Gasteiger partial charge on any atom is 0.330 e. The van der Waals surface area contributed by atoms with Crippen LogP contribution >= 0.6 is 0 Å². The van der Waals surface area contributed by atoms with Crippen LogP contribution in [0.2, 0.25) is 0 Å². The quantitative estimate of drug-likeness (QED) is 0.608. The van der Waals surface area contributed by atoms with E-state index in [1.165, 1.54) is 0 Å². The van der Waals surface area contributed by atoms with Gasteiger partial charge in [-0.05, 0) is 37.6 Å². The minimum Gasteiger partial charge on any atom is -0.494 e. The third-order valence-corrected chi connectivity index (χ3v) is 5.59. The van der Waals surface area contributed by atoms with Gasteiger partial charge in [-0.15, -0.1) is 0 Å². The van der Waals surface area contributed by atoms with Gasteiger partial charge in [-0.25, -0.2) is 4.79 Å². The smallest absolute Gasteiger partial charge is 0.330 e. The molecular weight excluding hydrogens is 346 g/mol. The third-order valence-electron chi connectivity index (χ3n) is 5.59. The van der Waals surface area contributed by atoms with E-state index in [2.05, 4.69) is 12.2 Å². The van der Waals surface area contributed by atoms with E-state index in [4.69, 9.17) is 9.47 Å².